The number of hydrogen-bond donors (Lipinski definition) is 1. The highest BCUT2D eigenvalue weighted by molar-refractivity contribution is 5.94. The minimum absolute atomic E-state index is 0.00625. The molecule has 4 nitrogen and oxygen atoms in total. The molecule has 5 heteroatoms. The summed E-state index contributed by atoms with van der Waals surface area (Å²) in [4.78, 5) is 13.1. The number of carboxylic acids is 1. The number of hydrogen-bond acceptors (Lipinski definition) is 3. The first kappa shape index (κ1) is 12.8. The van der Waals surface area contributed by atoms with Crippen molar-refractivity contribution in [3.05, 3.63) is 29.6 Å². The highest BCUT2D eigenvalue weighted by atomic mass is 19.1. The summed E-state index contributed by atoms with van der Waals surface area (Å²) in [6.45, 7) is 3.86. The van der Waals surface area contributed by atoms with Crippen molar-refractivity contribution < 1.29 is 19.0 Å². The Morgan fingerprint density at radius 1 is 1.61 bits per heavy atom. The molecule has 1 aliphatic heterocycles. The number of morpholine rings is 1. The molecule has 0 bridgehead atoms. The smallest absolute Gasteiger partial charge is 0.337 e. The first-order valence-corrected chi connectivity index (χ1v) is 6.01. The van der Waals surface area contributed by atoms with E-state index >= 15 is 0 Å². The number of carboxylic acid groups (broad SMARTS) is 1. The van der Waals surface area contributed by atoms with E-state index in [2.05, 4.69) is 0 Å². The average molecular weight is 253 g/mol. The summed E-state index contributed by atoms with van der Waals surface area (Å²) in [5.74, 6) is -1.64. The Kier molecular flexibility index (Phi) is 3.81. The first-order valence-electron chi connectivity index (χ1n) is 6.01. The third kappa shape index (κ3) is 2.61. The standard InChI is InChI=1S/C13H16FNO3/c1-2-10-8-15(5-6-18-10)12-4-3-9(14)7-11(12)13(16)17/h3-4,7,10H,2,5-6,8H2,1H3,(H,16,17). The van der Waals surface area contributed by atoms with E-state index in [4.69, 9.17) is 9.84 Å². The maximum absolute atomic E-state index is 13.1. The number of ether oxygens (including phenoxy) is 1. The zero-order chi connectivity index (χ0) is 13.1. The molecular formula is C13H16FNO3. The summed E-state index contributed by atoms with van der Waals surface area (Å²) in [7, 11) is 0. The monoisotopic (exact) mass is 253 g/mol. The van der Waals surface area contributed by atoms with Crippen LogP contribution in [0.25, 0.3) is 0 Å². The van der Waals surface area contributed by atoms with Crippen LogP contribution in [0.2, 0.25) is 0 Å². The van der Waals surface area contributed by atoms with Crippen molar-refractivity contribution in [3.8, 4) is 0 Å². The SMILES string of the molecule is CCC1CN(c2ccc(F)cc2C(=O)O)CCO1. The molecule has 0 radical (unpaired) electrons. The highest BCUT2D eigenvalue weighted by Crippen LogP contribution is 2.24. The third-order valence-corrected chi connectivity index (χ3v) is 3.12. The molecule has 1 aromatic carbocycles. The molecule has 0 aliphatic carbocycles. The van der Waals surface area contributed by atoms with E-state index in [-0.39, 0.29) is 11.7 Å². The minimum atomic E-state index is -1.11. The van der Waals surface area contributed by atoms with Gasteiger partial charge in [0.1, 0.15) is 5.82 Å². The Morgan fingerprint density at radius 3 is 3.06 bits per heavy atom. The van der Waals surface area contributed by atoms with Gasteiger partial charge in [-0.1, -0.05) is 6.92 Å². The molecule has 1 aliphatic rings. The van der Waals surface area contributed by atoms with E-state index in [0.29, 0.717) is 25.4 Å². The number of anilines is 1. The van der Waals surface area contributed by atoms with Gasteiger partial charge in [-0.25, -0.2) is 9.18 Å². The van der Waals surface area contributed by atoms with Gasteiger partial charge in [-0.3, -0.25) is 0 Å². The maximum Gasteiger partial charge on any atom is 0.337 e. The van der Waals surface area contributed by atoms with Gasteiger partial charge in [-0.05, 0) is 24.6 Å². The van der Waals surface area contributed by atoms with E-state index in [9.17, 15) is 9.18 Å². The summed E-state index contributed by atoms with van der Waals surface area (Å²) in [5, 5.41) is 9.12. The molecule has 0 amide bonds. The second-order valence-corrected chi connectivity index (χ2v) is 4.31. The summed E-state index contributed by atoms with van der Waals surface area (Å²) in [6.07, 6.45) is 0.977. The van der Waals surface area contributed by atoms with Crippen molar-refractivity contribution in [2.75, 3.05) is 24.6 Å². The Labute approximate surface area is 105 Å². The molecule has 18 heavy (non-hydrogen) atoms. The maximum atomic E-state index is 13.1. The fourth-order valence-corrected chi connectivity index (χ4v) is 2.14. The molecule has 0 aromatic heterocycles. The molecule has 1 saturated heterocycles. The zero-order valence-electron chi connectivity index (χ0n) is 10.2. The van der Waals surface area contributed by atoms with Crippen LogP contribution >= 0.6 is 0 Å². The van der Waals surface area contributed by atoms with Crippen molar-refractivity contribution in [3.63, 3.8) is 0 Å². The van der Waals surface area contributed by atoms with Crippen LogP contribution in [0.1, 0.15) is 23.7 Å². The average Bonchev–Trinajstić information content (AvgIpc) is 2.38. The van der Waals surface area contributed by atoms with E-state index in [1.54, 1.807) is 0 Å². The normalized spacial score (nSPS) is 19.9. The largest absolute Gasteiger partial charge is 0.478 e. The van der Waals surface area contributed by atoms with Crippen LogP contribution in [0, 0.1) is 5.82 Å². The second-order valence-electron chi connectivity index (χ2n) is 4.31. The van der Waals surface area contributed by atoms with Crippen LogP contribution in [0.5, 0.6) is 0 Å². The van der Waals surface area contributed by atoms with E-state index in [1.165, 1.54) is 12.1 Å². The molecule has 1 aromatic rings. The lowest BCUT2D eigenvalue weighted by Crippen LogP contribution is -2.42. The number of nitrogens with zero attached hydrogens (tertiary/aromatic N) is 1. The number of carbonyl (C=O) groups is 1. The second kappa shape index (κ2) is 5.35. The zero-order valence-corrected chi connectivity index (χ0v) is 10.2. The van der Waals surface area contributed by atoms with Crippen LogP contribution in [-0.2, 0) is 4.74 Å². The number of aromatic carboxylic acids is 1. The number of rotatable bonds is 3. The van der Waals surface area contributed by atoms with Gasteiger partial charge in [-0.15, -0.1) is 0 Å². The predicted molar refractivity (Wildman–Crippen MR) is 65.6 cm³/mol. The molecule has 2 rings (SSSR count). The summed E-state index contributed by atoms with van der Waals surface area (Å²) >= 11 is 0. The molecule has 1 heterocycles. The minimum Gasteiger partial charge on any atom is -0.478 e. The fraction of sp³-hybridized carbons (Fsp3) is 0.462. The van der Waals surface area contributed by atoms with Crippen LogP contribution in [0.4, 0.5) is 10.1 Å². The molecule has 1 atom stereocenters. The summed E-state index contributed by atoms with van der Waals surface area (Å²) < 4.78 is 18.7. The summed E-state index contributed by atoms with van der Waals surface area (Å²) in [5.41, 5.74) is 0.567. The number of benzene rings is 1. The van der Waals surface area contributed by atoms with Crippen LogP contribution in [0.15, 0.2) is 18.2 Å². The van der Waals surface area contributed by atoms with E-state index in [1.807, 2.05) is 11.8 Å². The topological polar surface area (TPSA) is 49.8 Å². The quantitative estimate of drug-likeness (QED) is 0.896. The van der Waals surface area contributed by atoms with Crippen molar-refractivity contribution in [2.24, 2.45) is 0 Å². The van der Waals surface area contributed by atoms with Gasteiger partial charge in [-0.2, -0.15) is 0 Å². The Hall–Kier alpha value is -1.62. The molecule has 0 spiro atoms. The van der Waals surface area contributed by atoms with Gasteiger partial charge >= 0.3 is 5.97 Å². The lowest BCUT2D eigenvalue weighted by Gasteiger charge is -2.34. The highest BCUT2D eigenvalue weighted by Gasteiger charge is 2.23. The Bertz CT molecular complexity index is 450. The lowest BCUT2D eigenvalue weighted by atomic mass is 10.1. The van der Waals surface area contributed by atoms with Gasteiger partial charge in [0.25, 0.3) is 0 Å². The van der Waals surface area contributed by atoms with E-state index in [0.717, 1.165) is 12.5 Å². The summed E-state index contributed by atoms with van der Waals surface area (Å²) in [6, 6.07) is 3.88. The number of halogens is 1. The van der Waals surface area contributed by atoms with Crippen molar-refractivity contribution in [1.29, 1.82) is 0 Å². The van der Waals surface area contributed by atoms with Gasteiger partial charge in [0.2, 0.25) is 0 Å². The molecule has 1 unspecified atom stereocenters. The van der Waals surface area contributed by atoms with Gasteiger partial charge in [0.15, 0.2) is 0 Å². The van der Waals surface area contributed by atoms with Gasteiger partial charge in [0, 0.05) is 13.1 Å². The van der Waals surface area contributed by atoms with Crippen molar-refractivity contribution in [1.82, 2.24) is 0 Å². The Morgan fingerprint density at radius 2 is 2.39 bits per heavy atom. The molecule has 0 saturated carbocycles. The predicted octanol–water partition coefficient (Wildman–Crippen LogP) is 2.14. The van der Waals surface area contributed by atoms with Gasteiger partial charge in [0.05, 0.1) is 24.0 Å². The van der Waals surface area contributed by atoms with Gasteiger partial charge < -0.3 is 14.7 Å². The molecule has 1 N–H and O–H groups in total. The first-order chi connectivity index (χ1) is 8.61. The fourth-order valence-electron chi connectivity index (χ4n) is 2.14. The molecular weight excluding hydrogens is 237 g/mol. The molecule has 1 fully saturated rings. The van der Waals surface area contributed by atoms with Crippen molar-refractivity contribution in [2.45, 2.75) is 19.4 Å². The molecule has 98 valence electrons. The Balaban J connectivity index is 2.29. The lowest BCUT2D eigenvalue weighted by molar-refractivity contribution is 0.0382. The van der Waals surface area contributed by atoms with Crippen LogP contribution in [0.3, 0.4) is 0 Å². The van der Waals surface area contributed by atoms with E-state index < -0.39 is 11.8 Å². The third-order valence-electron chi connectivity index (χ3n) is 3.12. The van der Waals surface area contributed by atoms with Crippen molar-refractivity contribution >= 4 is 11.7 Å². The van der Waals surface area contributed by atoms with Crippen LogP contribution in [-0.4, -0.2) is 36.9 Å². The van der Waals surface area contributed by atoms with Crippen LogP contribution < -0.4 is 4.90 Å².